The van der Waals surface area contributed by atoms with Crippen LogP contribution in [0.4, 0.5) is 0 Å². The van der Waals surface area contributed by atoms with Gasteiger partial charge in [0.1, 0.15) is 11.3 Å². The molecule has 0 aliphatic heterocycles. The number of methoxy groups -OCH3 is 3. The third-order valence-corrected chi connectivity index (χ3v) is 3.78. The van der Waals surface area contributed by atoms with Crippen LogP contribution in [0.2, 0.25) is 0 Å². The van der Waals surface area contributed by atoms with Crippen LogP contribution < -0.4 is 19.6 Å². The van der Waals surface area contributed by atoms with E-state index in [1.807, 2.05) is 30.3 Å². The van der Waals surface area contributed by atoms with Crippen molar-refractivity contribution in [2.75, 3.05) is 21.3 Å². The summed E-state index contributed by atoms with van der Waals surface area (Å²) in [5, 5.41) is 0.562. The third-order valence-electron chi connectivity index (χ3n) is 3.78. The second-order valence-corrected chi connectivity index (χ2v) is 5.30. The summed E-state index contributed by atoms with van der Waals surface area (Å²) >= 11 is 0. The molecule has 0 aliphatic carbocycles. The SMILES string of the molecule is COc1cc(/C=C/c2cc(=O)c3ccccc3o2)cc(OC)c1OC. The molecular formula is C20H18O5. The van der Waals surface area contributed by atoms with Crippen LogP contribution >= 0.6 is 0 Å². The van der Waals surface area contributed by atoms with Crippen molar-refractivity contribution in [2.45, 2.75) is 0 Å². The van der Waals surface area contributed by atoms with E-state index in [-0.39, 0.29) is 5.43 Å². The molecule has 0 spiro atoms. The molecule has 3 aromatic rings. The predicted octanol–water partition coefficient (Wildman–Crippen LogP) is 3.99. The molecule has 5 nitrogen and oxygen atoms in total. The molecule has 5 heteroatoms. The molecule has 128 valence electrons. The Bertz CT molecular complexity index is 960. The van der Waals surface area contributed by atoms with E-state index in [2.05, 4.69) is 0 Å². The Labute approximate surface area is 145 Å². The lowest BCUT2D eigenvalue weighted by Crippen LogP contribution is -1.99. The van der Waals surface area contributed by atoms with E-state index in [1.54, 1.807) is 39.5 Å². The Balaban J connectivity index is 2.01. The van der Waals surface area contributed by atoms with Gasteiger partial charge in [-0.2, -0.15) is 0 Å². The van der Waals surface area contributed by atoms with Crippen LogP contribution in [0.15, 0.2) is 51.7 Å². The van der Waals surface area contributed by atoms with Gasteiger partial charge >= 0.3 is 0 Å². The highest BCUT2D eigenvalue weighted by molar-refractivity contribution is 5.78. The first kappa shape index (κ1) is 16.6. The molecule has 2 aromatic carbocycles. The Morgan fingerprint density at radius 3 is 2.20 bits per heavy atom. The number of benzene rings is 2. The molecule has 1 aromatic heterocycles. The lowest BCUT2D eigenvalue weighted by Gasteiger charge is -2.12. The fraction of sp³-hybridized carbons (Fsp3) is 0.150. The summed E-state index contributed by atoms with van der Waals surface area (Å²) < 4.78 is 21.7. The van der Waals surface area contributed by atoms with Crippen molar-refractivity contribution >= 4 is 23.1 Å². The van der Waals surface area contributed by atoms with Gasteiger partial charge in [0.25, 0.3) is 0 Å². The molecule has 0 aliphatic rings. The lowest BCUT2D eigenvalue weighted by molar-refractivity contribution is 0.324. The quantitative estimate of drug-likeness (QED) is 0.704. The molecule has 0 bridgehead atoms. The van der Waals surface area contributed by atoms with Crippen LogP contribution in [0.3, 0.4) is 0 Å². The maximum Gasteiger partial charge on any atom is 0.203 e. The maximum absolute atomic E-state index is 12.1. The van der Waals surface area contributed by atoms with Gasteiger partial charge in [0.2, 0.25) is 5.75 Å². The summed E-state index contributed by atoms with van der Waals surface area (Å²) in [7, 11) is 4.68. The van der Waals surface area contributed by atoms with Crippen LogP contribution in [0.25, 0.3) is 23.1 Å². The minimum atomic E-state index is -0.0774. The summed E-state index contributed by atoms with van der Waals surface area (Å²) in [6, 6.07) is 12.3. The maximum atomic E-state index is 12.1. The molecule has 0 saturated carbocycles. The smallest absolute Gasteiger partial charge is 0.203 e. The summed E-state index contributed by atoms with van der Waals surface area (Å²) in [6.07, 6.45) is 3.55. The topological polar surface area (TPSA) is 57.9 Å². The van der Waals surface area contributed by atoms with Gasteiger partial charge in [-0.05, 0) is 35.9 Å². The summed E-state index contributed by atoms with van der Waals surface area (Å²) in [5.74, 6) is 2.11. The third kappa shape index (κ3) is 3.35. The Kier molecular flexibility index (Phi) is 4.75. The number of fused-ring (bicyclic) bond motifs is 1. The standard InChI is InChI=1S/C20H18O5/c1-22-18-10-13(11-19(23-2)20(18)24-3)8-9-14-12-16(21)15-6-4-5-7-17(15)25-14/h4-12H,1-3H3/b9-8+. The second-order valence-electron chi connectivity index (χ2n) is 5.30. The molecule has 0 radical (unpaired) electrons. The van der Waals surface area contributed by atoms with Gasteiger partial charge in [-0.15, -0.1) is 0 Å². The molecule has 0 atom stereocenters. The average Bonchev–Trinajstić information content (AvgIpc) is 2.65. The van der Waals surface area contributed by atoms with Crippen molar-refractivity contribution in [3.05, 3.63) is 64.0 Å². The van der Waals surface area contributed by atoms with E-state index < -0.39 is 0 Å². The minimum Gasteiger partial charge on any atom is -0.493 e. The van der Waals surface area contributed by atoms with Gasteiger partial charge < -0.3 is 18.6 Å². The van der Waals surface area contributed by atoms with E-state index in [0.717, 1.165) is 5.56 Å². The van der Waals surface area contributed by atoms with E-state index in [4.69, 9.17) is 18.6 Å². The normalized spacial score (nSPS) is 11.0. The van der Waals surface area contributed by atoms with Crippen LogP contribution in [-0.2, 0) is 0 Å². The highest BCUT2D eigenvalue weighted by Gasteiger charge is 2.12. The van der Waals surface area contributed by atoms with Gasteiger partial charge in [0.15, 0.2) is 16.9 Å². The number of rotatable bonds is 5. The predicted molar refractivity (Wildman–Crippen MR) is 97.5 cm³/mol. The van der Waals surface area contributed by atoms with Gasteiger partial charge in [-0.3, -0.25) is 4.79 Å². The molecule has 1 heterocycles. The molecule has 25 heavy (non-hydrogen) atoms. The van der Waals surface area contributed by atoms with E-state index >= 15 is 0 Å². The lowest BCUT2D eigenvalue weighted by atomic mass is 10.1. The monoisotopic (exact) mass is 338 g/mol. The summed E-state index contributed by atoms with van der Waals surface area (Å²) in [6.45, 7) is 0. The first-order valence-electron chi connectivity index (χ1n) is 7.67. The Morgan fingerprint density at radius 2 is 1.56 bits per heavy atom. The largest absolute Gasteiger partial charge is 0.493 e. The van der Waals surface area contributed by atoms with E-state index in [9.17, 15) is 4.79 Å². The number of ether oxygens (including phenoxy) is 3. The van der Waals surface area contributed by atoms with Crippen molar-refractivity contribution in [2.24, 2.45) is 0 Å². The Hall–Kier alpha value is -3.21. The van der Waals surface area contributed by atoms with Crippen LogP contribution in [0, 0.1) is 0 Å². The van der Waals surface area contributed by atoms with Gasteiger partial charge in [-0.1, -0.05) is 18.2 Å². The van der Waals surface area contributed by atoms with Gasteiger partial charge in [0, 0.05) is 6.07 Å². The zero-order valence-corrected chi connectivity index (χ0v) is 14.2. The number of para-hydroxylation sites is 1. The molecule has 0 saturated heterocycles. The fourth-order valence-corrected chi connectivity index (χ4v) is 2.58. The zero-order chi connectivity index (χ0) is 17.8. The first-order valence-corrected chi connectivity index (χ1v) is 7.67. The first-order chi connectivity index (χ1) is 12.2. The van der Waals surface area contributed by atoms with Crippen LogP contribution in [0.1, 0.15) is 11.3 Å². The van der Waals surface area contributed by atoms with Crippen molar-refractivity contribution in [3.63, 3.8) is 0 Å². The van der Waals surface area contributed by atoms with Gasteiger partial charge in [0.05, 0.1) is 26.7 Å². The zero-order valence-electron chi connectivity index (χ0n) is 14.2. The Morgan fingerprint density at radius 1 is 0.880 bits per heavy atom. The van der Waals surface area contributed by atoms with E-state index in [1.165, 1.54) is 6.07 Å². The average molecular weight is 338 g/mol. The summed E-state index contributed by atoms with van der Waals surface area (Å²) in [4.78, 5) is 12.1. The minimum absolute atomic E-state index is 0.0774. The highest BCUT2D eigenvalue weighted by atomic mass is 16.5. The second kappa shape index (κ2) is 7.13. The fourth-order valence-electron chi connectivity index (χ4n) is 2.58. The molecule has 0 N–H and O–H groups in total. The van der Waals surface area contributed by atoms with Crippen molar-refractivity contribution in [3.8, 4) is 17.2 Å². The van der Waals surface area contributed by atoms with Crippen molar-refractivity contribution < 1.29 is 18.6 Å². The summed E-state index contributed by atoms with van der Waals surface area (Å²) in [5.41, 5.74) is 1.30. The molecule has 3 rings (SSSR count). The van der Waals surface area contributed by atoms with Crippen molar-refractivity contribution in [1.82, 2.24) is 0 Å². The molecule has 0 unspecified atom stereocenters. The van der Waals surface area contributed by atoms with Crippen molar-refractivity contribution in [1.29, 1.82) is 0 Å². The van der Waals surface area contributed by atoms with Crippen LogP contribution in [-0.4, -0.2) is 21.3 Å². The number of hydrogen-bond acceptors (Lipinski definition) is 5. The van der Waals surface area contributed by atoms with Crippen LogP contribution in [0.5, 0.6) is 17.2 Å². The highest BCUT2D eigenvalue weighted by Crippen LogP contribution is 2.38. The molecule has 0 amide bonds. The van der Waals surface area contributed by atoms with Gasteiger partial charge in [-0.25, -0.2) is 0 Å². The molecule has 0 fully saturated rings. The van der Waals surface area contributed by atoms with E-state index in [0.29, 0.717) is 34.0 Å². The molecular weight excluding hydrogens is 320 g/mol. The number of hydrogen-bond donors (Lipinski definition) is 0.